The monoisotopic (exact) mass is 479 g/mol. The third-order valence-corrected chi connectivity index (χ3v) is 7.34. The second-order valence-corrected chi connectivity index (χ2v) is 10.3. The van der Waals surface area contributed by atoms with Crippen LogP contribution < -0.4 is 20.7 Å². The van der Waals surface area contributed by atoms with Crippen molar-refractivity contribution in [3.8, 4) is 11.8 Å². The number of amides is 3. The Hall–Kier alpha value is -3.54. The van der Waals surface area contributed by atoms with Gasteiger partial charge in [0, 0.05) is 23.4 Å². The zero-order chi connectivity index (χ0) is 25.2. The highest BCUT2D eigenvalue weighted by Gasteiger charge is 2.47. The molecule has 2 fully saturated rings. The van der Waals surface area contributed by atoms with Crippen LogP contribution in [-0.2, 0) is 9.59 Å². The summed E-state index contributed by atoms with van der Waals surface area (Å²) in [5, 5.41) is 18.9. The number of rotatable bonds is 9. The lowest BCUT2D eigenvalue weighted by molar-refractivity contribution is -0.128. The Kier molecular flexibility index (Phi) is 7.01. The molecule has 2 heterocycles. The Morgan fingerprint density at radius 3 is 2.71 bits per heavy atom. The summed E-state index contributed by atoms with van der Waals surface area (Å²) in [5.41, 5.74) is 1.20. The Labute approximate surface area is 205 Å². The number of hydrogen-bond acceptors (Lipinski definition) is 5. The predicted molar refractivity (Wildman–Crippen MR) is 131 cm³/mol. The van der Waals surface area contributed by atoms with Gasteiger partial charge in [-0.3, -0.25) is 14.4 Å². The van der Waals surface area contributed by atoms with E-state index in [1.54, 1.807) is 13.2 Å². The lowest BCUT2D eigenvalue weighted by Crippen LogP contribution is -2.50. The molecule has 1 aromatic carbocycles. The van der Waals surface area contributed by atoms with Gasteiger partial charge in [0.1, 0.15) is 23.5 Å². The molecule has 9 nitrogen and oxygen atoms in total. The first-order valence-electron chi connectivity index (χ1n) is 12.2. The van der Waals surface area contributed by atoms with E-state index < -0.39 is 23.9 Å². The van der Waals surface area contributed by atoms with Gasteiger partial charge in [-0.25, -0.2) is 0 Å². The zero-order valence-electron chi connectivity index (χ0n) is 20.4. The van der Waals surface area contributed by atoms with Crippen molar-refractivity contribution in [1.82, 2.24) is 20.9 Å². The van der Waals surface area contributed by atoms with Crippen molar-refractivity contribution in [3.63, 3.8) is 0 Å². The summed E-state index contributed by atoms with van der Waals surface area (Å²) >= 11 is 0. The van der Waals surface area contributed by atoms with E-state index in [2.05, 4.69) is 40.9 Å². The zero-order valence-corrected chi connectivity index (χ0v) is 20.4. The molecule has 4 atom stereocenters. The number of hydrogen-bond donors (Lipinski definition) is 4. The summed E-state index contributed by atoms with van der Waals surface area (Å²) < 4.78 is 5.37. The second kappa shape index (κ2) is 9.98. The fourth-order valence-electron chi connectivity index (χ4n) is 4.92. The van der Waals surface area contributed by atoms with Gasteiger partial charge < -0.3 is 25.7 Å². The molecule has 1 aliphatic carbocycles. The summed E-state index contributed by atoms with van der Waals surface area (Å²) in [4.78, 5) is 41.6. The SMILES string of the molecule is COc1cccc2[nH]c(C(=O)N[C@@H](CC3CC3(C)C)C(=O)N[C@H](C#N)C[C@@H]3CCCNC3=O)cc12. The van der Waals surface area contributed by atoms with Crippen molar-refractivity contribution >= 4 is 28.6 Å². The maximum absolute atomic E-state index is 13.2. The quantitative estimate of drug-likeness (QED) is 0.438. The van der Waals surface area contributed by atoms with E-state index in [0.29, 0.717) is 36.7 Å². The first-order chi connectivity index (χ1) is 16.7. The highest BCUT2D eigenvalue weighted by Crippen LogP contribution is 2.54. The fourth-order valence-corrected chi connectivity index (χ4v) is 4.92. The van der Waals surface area contributed by atoms with Gasteiger partial charge in [-0.1, -0.05) is 19.9 Å². The van der Waals surface area contributed by atoms with Crippen LogP contribution in [0.2, 0.25) is 0 Å². The van der Waals surface area contributed by atoms with Gasteiger partial charge in [0.25, 0.3) is 5.91 Å². The predicted octanol–water partition coefficient (Wildman–Crippen LogP) is 2.64. The van der Waals surface area contributed by atoms with Gasteiger partial charge in [-0.15, -0.1) is 0 Å². The molecule has 1 saturated heterocycles. The molecule has 1 saturated carbocycles. The summed E-state index contributed by atoms with van der Waals surface area (Å²) in [5.74, 6) is -0.240. The molecule has 2 aliphatic rings. The molecule has 186 valence electrons. The average Bonchev–Trinajstić information content (AvgIpc) is 3.22. The minimum absolute atomic E-state index is 0.0791. The van der Waals surface area contributed by atoms with Crippen LogP contribution in [0.5, 0.6) is 5.75 Å². The molecular formula is C26H33N5O4. The van der Waals surface area contributed by atoms with Crippen LogP contribution in [-0.4, -0.2) is 48.4 Å². The Morgan fingerprint density at radius 1 is 1.29 bits per heavy atom. The molecule has 1 unspecified atom stereocenters. The van der Waals surface area contributed by atoms with E-state index in [-0.39, 0.29) is 23.7 Å². The van der Waals surface area contributed by atoms with Crippen molar-refractivity contribution < 1.29 is 19.1 Å². The second-order valence-electron chi connectivity index (χ2n) is 10.3. The number of fused-ring (bicyclic) bond motifs is 1. The van der Waals surface area contributed by atoms with Gasteiger partial charge in [-0.05, 0) is 61.6 Å². The number of carbonyl (C=O) groups is 3. The number of nitrogens with zero attached hydrogens (tertiary/aromatic N) is 1. The molecule has 1 aromatic heterocycles. The van der Waals surface area contributed by atoms with Crippen LogP contribution in [0, 0.1) is 28.6 Å². The number of H-pyrrole nitrogens is 1. The van der Waals surface area contributed by atoms with Crippen molar-refractivity contribution in [2.24, 2.45) is 17.3 Å². The van der Waals surface area contributed by atoms with Gasteiger partial charge in [-0.2, -0.15) is 5.26 Å². The third-order valence-electron chi connectivity index (χ3n) is 7.34. The molecule has 4 rings (SSSR count). The van der Waals surface area contributed by atoms with Gasteiger partial charge in [0.2, 0.25) is 11.8 Å². The standard InChI is InChI=1S/C26H33N5O4/c1-26(2)13-16(26)11-20(24(33)29-17(14-27)10-15-6-5-9-28-23(15)32)31-25(34)21-12-18-19(30-21)7-4-8-22(18)35-3/h4,7-8,12,15-17,20,30H,5-6,9-11,13H2,1-3H3,(H,28,32)(H,29,33)(H,31,34)/t15-,16?,17-,20-/m0/s1. The molecule has 9 heteroatoms. The van der Waals surface area contributed by atoms with Crippen molar-refractivity contribution in [3.05, 3.63) is 30.0 Å². The molecule has 1 aliphatic heterocycles. The highest BCUT2D eigenvalue weighted by molar-refractivity contribution is 6.01. The minimum Gasteiger partial charge on any atom is -0.496 e. The molecular weight excluding hydrogens is 446 g/mol. The van der Waals surface area contributed by atoms with E-state index in [1.165, 1.54) is 0 Å². The average molecular weight is 480 g/mol. The molecule has 0 spiro atoms. The number of benzene rings is 1. The minimum atomic E-state index is -0.805. The maximum Gasteiger partial charge on any atom is 0.268 e. The van der Waals surface area contributed by atoms with E-state index in [9.17, 15) is 19.6 Å². The summed E-state index contributed by atoms with van der Waals surface area (Å²) in [7, 11) is 1.57. The number of piperidine rings is 1. The number of aromatic amines is 1. The number of methoxy groups -OCH3 is 1. The number of carbonyl (C=O) groups excluding carboxylic acids is 3. The topological polar surface area (TPSA) is 136 Å². The van der Waals surface area contributed by atoms with Crippen LogP contribution in [0.3, 0.4) is 0 Å². The molecule has 0 radical (unpaired) electrons. The first-order valence-corrected chi connectivity index (χ1v) is 12.2. The number of nitrogens with one attached hydrogen (secondary N) is 4. The van der Waals surface area contributed by atoms with Crippen LogP contribution in [0.15, 0.2) is 24.3 Å². The highest BCUT2D eigenvalue weighted by atomic mass is 16.5. The Morgan fingerprint density at radius 2 is 2.06 bits per heavy atom. The van der Waals surface area contributed by atoms with E-state index >= 15 is 0 Å². The van der Waals surface area contributed by atoms with Crippen LogP contribution in [0.25, 0.3) is 10.9 Å². The first kappa shape index (κ1) is 24.6. The summed E-state index contributed by atoms with van der Waals surface area (Å²) in [6, 6.07) is 7.72. The molecule has 35 heavy (non-hydrogen) atoms. The van der Waals surface area contributed by atoms with Crippen LogP contribution >= 0.6 is 0 Å². The summed E-state index contributed by atoms with van der Waals surface area (Å²) in [6.45, 7) is 4.92. The Bertz CT molecular complexity index is 1160. The number of ether oxygens (including phenoxy) is 1. The molecule has 4 N–H and O–H groups in total. The molecule has 3 amide bonds. The third kappa shape index (κ3) is 5.59. The smallest absolute Gasteiger partial charge is 0.268 e. The number of aromatic nitrogens is 1. The van der Waals surface area contributed by atoms with Gasteiger partial charge >= 0.3 is 0 Å². The van der Waals surface area contributed by atoms with Crippen LogP contribution in [0.4, 0.5) is 0 Å². The lowest BCUT2D eigenvalue weighted by atomic mass is 9.92. The Balaban J connectivity index is 1.47. The van der Waals surface area contributed by atoms with Crippen LogP contribution in [0.1, 0.15) is 56.4 Å². The lowest BCUT2D eigenvalue weighted by Gasteiger charge is -2.25. The fraction of sp³-hybridized carbons (Fsp3) is 0.538. The maximum atomic E-state index is 13.2. The van der Waals surface area contributed by atoms with E-state index in [4.69, 9.17) is 4.74 Å². The van der Waals surface area contributed by atoms with Crippen molar-refractivity contribution in [1.29, 1.82) is 5.26 Å². The van der Waals surface area contributed by atoms with E-state index in [1.807, 2.05) is 18.2 Å². The normalized spacial score (nSPS) is 22.4. The molecule has 2 aromatic rings. The molecule has 0 bridgehead atoms. The largest absolute Gasteiger partial charge is 0.496 e. The van der Waals surface area contributed by atoms with Crippen molar-refractivity contribution in [2.45, 2.75) is 58.0 Å². The number of nitriles is 1. The van der Waals surface area contributed by atoms with Gasteiger partial charge in [0.05, 0.1) is 13.2 Å². The van der Waals surface area contributed by atoms with E-state index in [0.717, 1.165) is 23.7 Å². The van der Waals surface area contributed by atoms with Crippen molar-refractivity contribution in [2.75, 3.05) is 13.7 Å². The summed E-state index contributed by atoms with van der Waals surface area (Å²) in [6.07, 6.45) is 3.26. The van der Waals surface area contributed by atoms with Gasteiger partial charge in [0.15, 0.2) is 0 Å².